The van der Waals surface area contributed by atoms with Gasteiger partial charge in [-0.15, -0.1) is 0 Å². The largest absolute Gasteiger partial charge is 0.507 e. The normalized spacial score (nSPS) is 11.1. The highest BCUT2D eigenvalue weighted by Crippen LogP contribution is 2.26. The zero-order chi connectivity index (χ0) is 15.6. The van der Waals surface area contributed by atoms with Crippen molar-refractivity contribution in [2.24, 2.45) is 0 Å². The summed E-state index contributed by atoms with van der Waals surface area (Å²) in [5.41, 5.74) is -0.309. The summed E-state index contributed by atoms with van der Waals surface area (Å²) in [7, 11) is -4.07. The van der Waals surface area contributed by atoms with Gasteiger partial charge in [-0.1, -0.05) is 0 Å². The van der Waals surface area contributed by atoms with E-state index in [2.05, 4.69) is 14.7 Å². The topological polar surface area (TPSA) is 129 Å². The summed E-state index contributed by atoms with van der Waals surface area (Å²) in [6.07, 6.45) is 2.72. The van der Waals surface area contributed by atoms with Gasteiger partial charge in [-0.3, -0.25) is 0 Å². The first kappa shape index (κ1) is 14.7. The van der Waals surface area contributed by atoms with Gasteiger partial charge in [-0.25, -0.2) is 27.9 Å². The molecule has 0 fully saturated rings. The van der Waals surface area contributed by atoms with E-state index in [9.17, 15) is 18.3 Å². The van der Waals surface area contributed by atoms with E-state index in [4.69, 9.17) is 5.11 Å². The molecule has 0 spiro atoms. The molecule has 0 unspecified atom stereocenters. The molecule has 1 aromatic carbocycles. The average Bonchev–Trinajstić information content (AvgIpc) is 2.38. The summed E-state index contributed by atoms with van der Waals surface area (Å²) in [5, 5.41) is 18.5. The minimum Gasteiger partial charge on any atom is -0.507 e. The number of anilines is 1. The standard InChI is InChI=1S/C12H11N3O5S/c1-7-5-9(16)8(11(17)18)6-10(7)21(19,20)15-12-13-3-2-4-14-12/h2-6,16H,1H3,(H,17,18)(H,13,14,15). The van der Waals surface area contributed by atoms with Crippen molar-refractivity contribution in [3.8, 4) is 5.75 Å². The minimum atomic E-state index is -4.07. The van der Waals surface area contributed by atoms with Crippen molar-refractivity contribution in [2.75, 3.05) is 4.72 Å². The van der Waals surface area contributed by atoms with Gasteiger partial charge < -0.3 is 10.2 Å². The van der Waals surface area contributed by atoms with Crippen LogP contribution in [0.25, 0.3) is 0 Å². The van der Waals surface area contributed by atoms with Crippen LogP contribution < -0.4 is 4.72 Å². The molecule has 2 aromatic rings. The third-order valence-corrected chi connectivity index (χ3v) is 4.07. The first-order valence-electron chi connectivity index (χ1n) is 5.68. The number of aromatic nitrogens is 2. The molecule has 8 nitrogen and oxygen atoms in total. The molecule has 0 radical (unpaired) electrons. The Morgan fingerprint density at radius 2 is 1.86 bits per heavy atom. The van der Waals surface area contributed by atoms with Crippen LogP contribution >= 0.6 is 0 Å². The molecule has 0 bridgehead atoms. The van der Waals surface area contributed by atoms with Gasteiger partial charge in [0.2, 0.25) is 5.95 Å². The number of aromatic hydroxyl groups is 1. The summed E-state index contributed by atoms with van der Waals surface area (Å²) in [5.74, 6) is -2.07. The maximum atomic E-state index is 12.2. The molecule has 110 valence electrons. The summed E-state index contributed by atoms with van der Waals surface area (Å²) in [4.78, 5) is 18.2. The Morgan fingerprint density at radius 1 is 1.24 bits per heavy atom. The number of phenols is 1. The van der Waals surface area contributed by atoms with Crippen molar-refractivity contribution in [3.63, 3.8) is 0 Å². The molecule has 0 saturated heterocycles. The van der Waals surface area contributed by atoms with E-state index >= 15 is 0 Å². The van der Waals surface area contributed by atoms with Crippen LogP contribution in [0.15, 0.2) is 35.5 Å². The van der Waals surface area contributed by atoms with Gasteiger partial charge in [-0.2, -0.15) is 0 Å². The molecule has 0 aliphatic heterocycles. The summed E-state index contributed by atoms with van der Waals surface area (Å²) in [6.45, 7) is 1.44. The number of nitrogens with one attached hydrogen (secondary N) is 1. The lowest BCUT2D eigenvalue weighted by Crippen LogP contribution is -2.16. The molecule has 9 heteroatoms. The Labute approximate surface area is 120 Å². The van der Waals surface area contributed by atoms with Gasteiger partial charge in [-0.05, 0) is 30.7 Å². The van der Waals surface area contributed by atoms with E-state index in [0.29, 0.717) is 0 Å². The minimum absolute atomic E-state index is 0.137. The number of rotatable bonds is 4. The molecule has 0 atom stereocenters. The van der Waals surface area contributed by atoms with Crippen LogP contribution in [0.3, 0.4) is 0 Å². The molecule has 0 amide bonds. The number of nitrogens with zero attached hydrogens (tertiary/aromatic N) is 2. The predicted octanol–water partition coefficient (Wildman–Crippen LogP) is 0.990. The highest BCUT2D eigenvalue weighted by atomic mass is 32.2. The number of sulfonamides is 1. The maximum absolute atomic E-state index is 12.2. The molecule has 3 N–H and O–H groups in total. The van der Waals surface area contributed by atoms with E-state index in [1.807, 2.05) is 0 Å². The van der Waals surface area contributed by atoms with Crippen LogP contribution in [0, 0.1) is 6.92 Å². The van der Waals surface area contributed by atoms with Gasteiger partial charge >= 0.3 is 5.97 Å². The van der Waals surface area contributed by atoms with Gasteiger partial charge in [0.25, 0.3) is 10.0 Å². The number of aromatic carboxylic acids is 1. The number of carboxylic acids is 1. The van der Waals surface area contributed by atoms with Crippen LogP contribution in [-0.2, 0) is 10.0 Å². The third-order valence-electron chi connectivity index (χ3n) is 2.60. The van der Waals surface area contributed by atoms with Gasteiger partial charge in [0.05, 0.1) is 4.90 Å². The highest BCUT2D eigenvalue weighted by Gasteiger charge is 2.22. The van der Waals surface area contributed by atoms with Crippen molar-refractivity contribution in [1.82, 2.24) is 9.97 Å². The smallest absolute Gasteiger partial charge is 0.339 e. The van der Waals surface area contributed by atoms with E-state index in [0.717, 1.165) is 12.1 Å². The fourth-order valence-electron chi connectivity index (χ4n) is 1.66. The number of carbonyl (C=O) groups is 1. The first-order chi connectivity index (χ1) is 9.81. The van der Waals surface area contributed by atoms with Gasteiger partial charge in [0.15, 0.2) is 0 Å². The number of hydrogen-bond acceptors (Lipinski definition) is 6. The summed E-state index contributed by atoms with van der Waals surface area (Å²) < 4.78 is 26.6. The molecule has 0 saturated carbocycles. The Balaban J connectivity index is 2.50. The van der Waals surface area contributed by atoms with Crippen molar-refractivity contribution in [1.29, 1.82) is 0 Å². The zero-order valence-electron chi connectivity index (χ0n) is 10.8. The molecule has 0 aliphatic rings. The van der Waals surface area contributed by atoms with Crippen LogP contribution in [0.4, 0.5) is 5.95 Å². The van der Waals surface area contributed by atoms with Crippen LogP contribution in [0.5, 0.6) is 5.75 Å². The predicted molar refractivity (Wildman–Crippen MR) is 72.6 cm³/mol. The van der Waals surface area contributed by atoms with E-state index in [1.165, 1.54) is 25.4 Å². The monoisotopic (exact) mass is 309 g/mol. The number of carboxylic acid groups (broad SMARTS) is 1. The Bertz CT molecular complexity index is 790. The van der Waals surface area contributed by atoms with Crippen molar-refractivity contribution < 1.29 is 23.4 Å². The lowest BCUT2D eigenvalue weighted by atomic mass is 10.1. The second-order valence-corrected chi connectivity index (χ2v) is 5.77. The van der Waals surface area contributed by atoms with Crippen LogP contribution in [0.2, 0.25) is 0 Å². The fourth-order valence-corrected chi connectivity index (χ4v) is 2.87. The first-order valence-corrected chi connectivity index (χ1v) is 7.16. The Morgan fingerprint density at radius 3 is 2.43 bits per heavy atom. The molecule has 1 aromatic heterocycles. The van der Waals surface area contributed by atoms with Crippen LogP contribution in [-0.4, -0.2) is 34.6 Å². The van der Waals surface area contributed by atoms with Crippen molar-refractivity contribution in [2.45, 2.75) is 11.8 Å². The second kappa shape index (κ2) is 5.37. The molecule has 0 aliphatic carbocycles. The Kier molecular flexibility index (Phi) is 3.76. The Hall–Kier alpha value is -2.68. The number of hydrogen-bond donors (Lipinski definition) is 3. The van der Waals surface area contributed by atoms with E-state index in [1.54, 1.807) is 0 Å². The average molecular weight is 309 g/mol. The SMILES string of the molecule is Cc1cc(O)c(C(=O)O)cc1S(=O)(=O)Nc1ncccn1. The third kappa shape index (κ3) is 3.08. The van der Waals surface area contributed by atoms with Gasteiger partial charge in [0, 0.05) is 12.4 Å². The maximum Gasteiger partial charge on any atom is 0.339 e. The van der Waals surface area contributed by atoms with E-state index < -0.39 is 27.3 Å². The molecule has 1 heterocycles. The molecular formula is C12H11N3O5S. The lowest BCUT2D eigenvalue weighted by Gasteiger charge is -2.10. The van der Waals surface area contributed by atoms with Gasteiger partial charge in [0.1, 0.15) is 11.3 Å². The fraction of sp³-hybridized carbons (Fsp3) is 0.0833. The molecule has 21 heavy (non-hydrogen) atoms. The molecule has 2 rings (SSSR count). The highest BCUT2D eigenvalue weighted by molar-refractivity contribution is 7.92. The molecular weight excluding hydrogens is 298 g/mol. The van der Waals surface area contributed by atoms with E-state index in [-0.39, 0.29) is 16.4 Å². The second-order valence-electron chi connectivity index (χ2n) is 4.12. The zero-order valence-corrected chi connectivity index (χ0v) is 11.6. The quantitative estimate of drug-likeness (QED) is 0.767. The van der Waals surface area contributed by atoms with Crippen molar-refractivity contribution in [3.05, 3.63) is 41.7 Å². The summed E-state index contributed by atoms with van der Waals surface area (Å²) in [6, 6.07) is 3.48. The number of aryl methyl sites for hydroxylation is 1. The van der Waals surface area contributed by atoms with Crippen molar-refractivity contribution >= 4 is 21.9 Å². The van der Waals surface area contributed by atoms with Crippen LogP contribution in [0.1, 0.15) is 15.9 Å². The lowest BCUT2D eigenvalue weighted by molar-refractivity contribution is 0.0693. The summed E-state index contributed by atoms with van der Waals surface area (Å²) >= 11 is 0. The number of benzene rings is 1.